The number of nitrogens with two attached hydrogens (primary N) is 1. The third kappa shape index (κ3) is 2.19. The van der Waals surface area contributed by atoms with Gasteiger partial charge in [-0.05, 0) is 6.92 Å². The lowest BCUT2D eigenvalue weighted by molar-refractivity contribution is -0.155. The van der Waals surface area contributed by atoms with E-state index in [1.165, 1.54) is 17.8 Å². The van der Waals surface area contributed by atoms with Crippen LogP contribution in [-0.2, 0) is 13.8 Å². The summed E-state index contributed by atoms with van der Waals surface area (Å²) in [4.78, 5) is 30.1. The van der Waals surface area contributed by atoms with Crippen molar-refractivity contribution in [3.63, 3.8) is 0 Å². The van der Waals surface area contributed by atoms with Gasteiger partial charge in [-0.25, -0.2) is 9.55 Å². The van der Waals surface area contributed by atoms with Crippen molar-refractivity contribution in [3.8, 4) is 0 Å². The predicted molar refractivity (Wildman–Crippen MR) is 85.7 cm³/mol. The van der Waals surface area contributed by atoms with Crippen molar-refractivity contribution in [2.75, 3.05) is 18.1 Å². The summed E-state index contributed by atoms with van der Waals surface area (Å²) in [7, 11) is -3.23. The van der Waals surface area contributed by atoms with Crippen molar-refractivity contribution < 1.29 is 33.8 Å². The second kappa shape index (κ2) is 5.10. The number of nitrogens with one attached hydrogen (secondary N) is 1. The maximum atomic E-state index is 11.0. The highest BCUT2D eigenvalue weighted by Gasteiger charge is 2.84. The van der Waals surface area contributed by atoms with Gasteiger partial charge in [0.1, 0.15) is 17.8 Å². The standard InChI is InChI=1S/C12H17N6O7P/c1-11(19)9(24-5-6(12(5,11)20)25-26(21,22)23)18-3-15-4-7(14-2)16-10(13)17-8(4)18/h3,5-6,9,19-20H,1-2H3,(H2,21,22,23)(H3,13,14,16,17)/t5-,6?,9-,11+,12+/m1/s1. The number of phosphoric ester groups is 1. The zero-order valence-electron chi connectivity index (χ0n) is 13.6. The number of hydrogen-bond donors (Lipinski definition) is 6. The van der Waals surface area contributed by atoms with Crippen LogP contribution in [0.4, 0.5) is 11.8 Å². The number of aromatic nitrogens is 4. The summed E-state index contributed by atoms with van der Waals surface area (Å²) < 4.78 is 22.5. The minimum atomic E-state index is -4.86. The fourth-order valence-corrected chi connectivity index (χ4v) is 4.00. The minimum absolute atomic E-state index is 0.0344. The van der Waals surface area contributed by atoms with Gasteiger partial charge in [-0.3, -0.25) is 9.09 Å². The number of rotatable bonds is 4. The lowest BCUT2D eigenvalue weighted by Crippen LogP contribution is -2.48. The molecule has 0 bridgehead atoms. The van der Waals surface area contributed by atoms with Crippen LogP contribution in [0.25, 0.3) is 11.2 Å². The summed E-state index contributed by atoms with van der Waals surface area (Å²) in [5.41, 5.74) is 2.36. The van der Waals surface area contributed by atoms with E-state index in [9.17, 15) is 14.8 Å². The smallest absolute Gasteiger partial charge is 0.382 e. The molecule has 4 rings (SSSR count). The minimum Gasteiger partial charge on any atom is -0.382 e. The van der Waals surface area contributed by atoms with Crippen LogP contribution in [0.15, 0.2) is 6.33 Å². The molecule has 7 N–H and O–H groups in total. The summed E-state index contributed by atoms with van der Waals surface area (Å²) in [6.07, 6.45) is -2.29. The average molecular weight is 388 g/mol. The van der Waals surface area contributed by atoms with Crippen molar-refractivity contribution >= 4 is 30.8 Å². The van der Waals surface area contributed by atoms with E-state index in [4.69, 9.17) is 20.3 Å². The van der Waals surface area contributed by atoms with E-state index in [1.807, 2.05) is 0 Å². The molecule has 14 heteroatoms. The van der Waals surface area contributed by atoms with Gasteiger partial charge in [0.2, 0.25) is 5.95 Å². The predicted octanol–water partition coefficient (Wildman–Crippen LogP) is -1.68. The Morgan fingerprint density at radius 3 is 2.65 bits per heavy atom. The number of ether oxygens (including phenoxy) is 1. The first-order valence-electron chi connectivity index (χ1n) is 7.52. The molecule has 0 spiro atoms. The van der Waals surface area contributed by atoms with Crippen LogP contribution in [-0.4, -0.2) is 70.0 Å². The number of anilines is 2. The van der Waals surface area contributed by atoms with Crippen LogP contribution in [0.3, 0.4) is 0 Å². The van der Waals surface area contributed by atoms with Crippen LogP contribution in [0, 0.1) is 0 Å². The van der Waals surface area contributed by atoms with E-state index in [1.54, 1.807) is 7.05 Å². The van der Waals surface area contributed by atoms with Crippen LogP contribution >= 0.6 is 7.82 Å². The highest BCUT2D eigenvalue weighted by atomic mass is 31.2. The molecule has 13 nitrogen and oxygen atoms in total. The van der Waals surface area contributed by atoms with Crippen molar-refractivity contribution in [1.82, 2.24) is 19.5 Å². The quantitative estimate of drug-likeness (QED) is 0.326. The first-order chi connectivity index (χ1) is 12.0. The van der Waals surface area contributed by atoms with Crippen molar-refractivity contribution in [2.45, 2.75) is 36.6 Å². The zero-order chi connectivity index (χ0) is 19.1. The molecule has 1 aliphatic carbocycles. The van der Waals surface area contributed by atoms with E-state index in [0.717, 1.165) is 0 Å². The first-order valence-corrected chi connectivity index (χ1v) is 9.05. The van der Waals surface area contributed by atoms with E-state index >= 15 is 0 Å². The van der Waals surface area contributed by atoms with Gasteiger partial charge in [0.05, 0.1) is 6.33 Å². The maximum Gasteiger partial charge on any atom is 0.470 e. The number of aliphatic hydroxyl groups is 2. The molecule has 2 aromatic heterocycles. The molecular weight excluding hydrogens is 371 g/mol. The second-order valence-corrected chi connectivity index (χ2v) is 7.59. The molecule has 3 heterocycles. The number of hydrogen-bond acceptors (Lipinski definition) is 10. The molecule has 1 saturated heterocycles. The Bertz CT molecular complexity index is 944. The molecule has 2 aliphatic rings. The number of nitrogens with zero attached hydrogens (tertiary/aromatic N) is 4. The van der Waals surface area contributed by atoms with E-state index in [-0.39, 0.29) is 11.6 Å². The number of phosphoric acid groups is 1. The molecule has 2 fully saturated rings. The zero-order valence-corrected chi connectivity index (χ0v) is 14.5. The van der Waals surface area contributed by atoms with E-state index in [2.05, 4.69) is 24.8 Å². The SMILES string of the molecule is CNc1nc(N)nc2c1ncn2[C@@H]1O[C@@H]2C(OP(=O)(O)O)[C@]2(O)[C@@]1(C)O. The van der Waals surface area contributed by atoms with Crippen molar-refractivity contribution in [3.05, 3.63) is 6.33 Å². The fourth-order valence-electron chi connectivity index (χ4n) is 3.43. The summed E-state index contributed by atoms with van der Waals surface area (Å²) >= 11 is 0. The van der Waals surface area contributed by atoms with E-state index in [0.29, 0.717) is 11.3 Å². The summed E-state index contributed by atoms with van der Waals surface area (Å²) in [6, 6.07) is 0. The molecule has 1 aliphatic heterocycles. The van der Waals surface area contributed by atoms with Gasteiger partial charge in [-0.15, -0.1) is 0 Å². The summed E-state index contributed by atoms with van der Waals surface area (Å²) in [5.74, 6) is 0.336. The van der Waals surface area contributed by atoms with E-state index < -0.39 is 37.5 Å². The summed E-state index contributed by atoms with van der Waals surface area (Å²) in [5, 5.41) is 24.4. The highest BCUT2D eigenvalue weighted by Crippen LogP contribution is 2.64. The first kappa shape index (κ1) is 17.5. The molecule has 0 amide bonds. The van der Waals surface area contributed by atoms with Gasteiger partial charge in [0.25, 0.3) is 0 Å². The molecule has 1 saturated carbocycles. The van der Waals surface area contributed by atoms with Crippen LogP contribution in [0.2, 0.25) is 0 Å². The monoisotopic (exact) mass is 388 g/mol. The Balaban J connectivity index is 1.73. The van der Waals surface area contributed by atoms with Gasteiger partial charge < -0.3 is 35.8 Å². The Morgan fingerprint density at radius 1 is 1.42 bits per heavy atom. The highest BCUT2D eigenvalue weighted by molar-refractivity contribution is 7.46. The van der Waals surface area contributed by atoms with Gasteiger partial charge in [0, 0.05) is 7.05 Å². The molecule has 0 radical (unpaired) electrons. The Kier molecular flexibility index (Phi) is 3.45. The van der Waals surface area contributed by atoms with Crippen molar-refractivity contribution in [1.29, 1.82) is 0 Å². The molecular formula is C12H17N6O7P. The van der Waals surface area contributed by atoms with Gasteiger partial charge in [-0.1, -0.05) is 0 Å². The molecule has 2 aromatic rings. The maximum absolute atomic E-state index is 11.0. The van der Waals surface area contributed by atoms with Gasteiger partial charge in [-0.2, -0.15) is 9.97 Å². The third-order valence-corrected chi connectivity index (χ3v) is 5.28. The molecule has 142 valence electrons. The largest absolute Gasteiger partial charge is 0.470 e. The van der Waals surface area contributed by atoms with Gasteiger partial charge in [0.15, 0.2) is 28.8 Å². The number of nitrogen functional groups attached to an aromatic ring is 1. The van der Waals surface area contributed by atoms with Crippen LogP contribution in [0.1, 0.15) is 13.2 Å². The lowest BCUT2D eigenvalue weighted by Gasteiger charge is -2.32. The van der Waals surface area contributed by atoms with Crippen LogP contribution in [0.5, 0.6) is 0 Å². The number of imidazole rings is 1. The number of fused-ring (bicyclic) bond motifs is 2. The fraction of sp³-hybridized carbons (Fsp3) is 0.583. The van der Waals surface area contributed by atoms with Gasteiger partial charge >= 0.3 is 7.82 Å². The normalized spacial score (nSPS) is 36.3. The average Bonchev–Trinajstić information content (AvgIpc) is 2.82. The Hall–Kier alpha value is -1.86. The molecule has 26 heavy (non-hydrogen) atoms. The lowest BCUT2D eigenvalue weighted by atomic mass is 9.95. The second-order valence-electron chi connectivity index (χ2n) is 6.40. The molecule has 1 unspecified atom stereocenters. The topological polar surface area (TPSA) is 198 Å². The molecule has 5 atom stereocenters. The van der Waals surface area contributed by atoms with Crippen molar-refractivity contribution in [2.24, 2.45) is 0 Å². The third-order valence-electron chi connectivity index (χ3n) is 4.78. The Morgan fingerprint density at radius 2 is 2.12 bits per heavy atom. The van der Waals surface area contributed by atoms with Crippen LogP contribution < -0.4 is 11.1 Å². The summed E-state index contributed by atoms with van der Waals surface area (Å²) in [6.45, 7) is 1.27. The Labute approximate surface area is 146 Å². The molecule has 0 aromatic carbocycles.